The summed E-state index contributed by atoms with van der Waals surface area (Å²) >= 11 is 0. The molecule has 4 N–H and O–H groups in total. The summed E-state index contributed by atoms with van der Waals surface area (Å²) in [6.45, 7) is 7.47. The van der Waals surface area contributed by atoms with Crippen molar-refractivity contribution in [2.24, 2.45) is 5.41 Å². The highest BCUT2D eigenvalue weighted by molar-refractivity contribution is 5.74. The van der Waals surface area contributed by atoms with E-state index in [0.717, 1.165) is 5.56 Å². The molecule has 0 fully saturated rings. The standard InChI is InChI=1S/C19H30N2O4/c1-18(2,19(3,4)25)13-20-17(24)21-15(10-11-16(22)23)12-14-8-6-5-7-9-14/h5-9,15,25H,10-13H2,1-4H3,(H,22,23)(H2,20,21,24). The van der Waals surface area contributed by atoms with E-state index in [9.17, 15) is 14.7 Å². The smallest absolute Gasteiger partial charge is 0.315 e. The van der Waals surface area contributed by atoms with Crippen LogP contribution in [0.1, 0.15) is 46.1 Å². The molecule has 1 aromatic carbocycles. The van der Waals surface area contributed by atoms with E-state index in [-0.39, 0.29) is 18.5 Å². The Hall–Kier alpha value is -2.08. The molecule has 0 radical (unpaired) electrons. The quantitative estimate of drug-likeness (QED) is 0.550. The minimum absolute atomic E-state index is 0.00700. The molecule has 0 saturated heterocycles. The molecule has 25 heavy (non-hydrogen) atoms. The maximum absolute atomic E-state index is 12.2. The van der Waals surface area contributed by atoms with Crippen LogP contribution < -0.4 is 10.6 Å². The van der Waals surface area contributed by atoms with Crippen molar-refractivity contribution in [3.05, 3.63) is 35.9 Å². The number of carboxylic acid groups (broad SMARTS) is 1. The molecule has 6 heteroatoms. The number of rotatable bonds is 9. The second-order valence-corrected chi connectivity index (χ2v) is 7.59. The summed E-state index contributed by atoms with van der Waals surface area (Å²) in [7, 11) is 0. The number of urea groups is 1. The predicted molar refractivity (Wildman–Crippen MR) is 97.4 cm³/mol. The lowest BCUT2D eigenvalue weighted by Crippen LogP contribution is -2.51. The van der Waals surface area contributed by atoms with Crippen LogP contribution >= 0.6 is 0 Å². The van der Waals surface area contributed by atoms with Crippen LogP contribution in [0.2, 0.25) is 0 Å². The minimum atomic E-state index is -0.937. The first-order valence-electron chi connectivity index (χ1n) is 8.54. The summed E-state index contributed by atoms with van der Waals surface area (Å²) in [4.78, 5) is 23.1. The van der Waals surface area contributed by atoms with E-state index in [2.05, 4.69) is 10.6 Å². The van der Waals surface area contributed by atoms with Crippen molar-refractivity contribution in [3.63, 3.8) is 0 Å². The van der Waals surface area contributed by atoms with Crippen LogP contribution in [0.3, 0.4) is 0 Å². The Balaban J connectivity index is 2.63. The Bertz CT molecular complexity index is 565. The Morgan fingerprint density at radius 3 is 2.24 bits per heavy atom. The summed E-state index contributed by atoms with van der Waals surface area (Å²) in [5.41, 5.74) is -0.400. The van der Waals surface area contributed by atoms with Gasteiger partial charge in [0, 0.05) is 24.4 Å². The molecule has 6 nitrogen and oxygen atoms in total. The van der Waals surface area contributed by atoms with Crippen LogP contribution in [0.15, 0.2) is 30.3 Å². The molecule has 0 aliphatic rings. The SMILES string of the molecule is CC(C)(O)C(C)(C)CNC(=O)NC(CCC(=O)O)Cc1ccccc1. The number of hydrogen-bond acceptors (Lipinski definition) is 3. The Kier molecular flexibility index (Phi) is 7.42. The second kappa shape index (κ2) is 8.85. The Morgan fingerprint density at radius 1 is 1.12 bits per heavy atom. The largest absolute Gasteiger partial charge is 0.481 e. The van der Waals surface area contributed by atoms with Crippen molar-refractivity contribution in [1.82, 2.24) is 10.6 Å². The van der Waals surface area contributed by atoms with Crippen molar-refractivity contribution in [2.45, 2.75) is 58.6 Å². The normalized spacial score (nSPS) is 13.2. The van der Waals surface area contributed by atoms with Gasteiger partial charge >= 0.3 is 12.0 Å². The van der Waals surface area contributed by atoms with Gasteiger partial charge in [0.15, 0.2) is 0 Å². The van der Waals surface area contributed by atoms with E-state index in [1.54, 1.807) is 13.8 Å². The van der Waals surface area contributed by atoms with Crippen molar-refractivity contribution in [1.29, 1.82) is 0 Å². The van der Waals surface area contributed by atoms with Gasteiger partial charge in [-0.2, -0.15) is 0 Å². The van der Waals surface area contributed by atoms with Crippen molar-refractivity contribution >= 4 is 12.0 Å². The van der Waals surface area contributed by atoms with Crippen molar-refractivity contribution in [3.8, 4) is 0 Å². The summed E-state index contributed by atoms with van der Waals surface area (Å²) in [5.74, 6) is -0.886. The van der Waals surface area contributed by atoms with Gasteiger partial charge in [-0.15, -0.1) is 0 Å². The Morgan fingerprint density at radius 2 is 1.72 bits per heavy atom. The molecule has 1 rings (SSSR count). The molecule has 140 valence electrons. The number of benzene rings is 1. The molecule has 0 saturated carbocycles. The predicted octanol–water partition coefficient (Wildman–Crippen LogP) is 2.56. The fourth-order valence-electron chi connectivity index (χ4n) is 2.18. The first-order valence-corrected chi connectivity index (χ1v) is 8.54. The van der Waals surface area contributed by atoms with Gasteiger partial charge in [-0.3, -0.25) is 4.79 Å². The molecular formula is C19H30N2O4. The number of carbonyl (C=O) groups excluding carboxylic acids is 1. The van der Waals surface area contributed by atoms with Gasteiger partial charge in [0.2, 0.25) is 0 Å². The first-order chi connectivity index (χ1) is 11.5. The van der Waals surface area contributed by atoms with Gasteiger partial charge < -0.3 is 20.8 Å². The van der Waals surface area contributed by atoms with Gasteiger partial charge in [-0.05, 0) is 32.3 Å². The minimum Gasteiger partial charge on any atom is -0.481 e. The third kappa shape index (κ3) is 7.56. The zero-order valence-corrected chi connectivity index (χ0v) is 15.5. The van der Waals surface area contributed by atoms with E-state index in [1.807, 2.05) is 44.2 Å². The first kappa shape index (κ1) is 21.0. The molecule has 0 aliphatic carbocycles. The third-order valence-corrected chi connectivity index (χ3v) is 4.71. The maximum atomic E-state index is 12.2. The molecule has 0 heterocycles. The van der Waals surface area contributed by atoms with E-state index in [1.165, 1.54) is 0 Å². The topological polar surface area (TPSA) is 98.7 Å². The molecule has 2 amide bonds. The number of aliphatic carboxylic acids is 1. The van der Waals surface area contributed by atoms with Gasteiger partial charge in [0.05, 0.1) is 5.60 Å². The number of carboxylic acids is 1. The molecule has 0 aromatic heterocycles. The van der Waals surface area contributed by atoms with Crippen molar-refractivity contribution in [2.75, 3.05) is 6.54 Å². The van der Waals surface area contributed by atoms with Crippen molar-refractivity contribution < 1.29 is 19.8 Å². The van der Waals surface area contributed by atoms with Gasteiger partial charge in [-0.1, -0.05) is 44.2 Å². The highest BCUT2D eigenvalue weighted by Gasteiger charge is 2.35. The zero-order chi connectivity index (χ0) is 19.1. The van der Waals surface area contributed by atoms with E-state index >= 15 is 0 Å². The maximum Gasteiger partial charge on any atom is 0.315 e. The average Bonchev–Trinajstić information content (AvgIpc) is 2.50. The fraction of sp³-hybridized carbons (Fsp3) is 0.579. The van der Waals surface area contributed by atoms with E-state index in [4.69, 9.17) is 5.11 Å². The van der Waals surface area contributed by atoms with Crippen LogP contribution in [0.25, 0.3) is 0 Å². The van der Waals surface area contributed by atoms with E-state index < -0.39 is 17.0 Å². The summed E-state index contributed by atoms with van der Waals surface area (Å²) in [6.07, 6.45) is 0.913. The third-order valence-electron chi connectivity index (χ3n) is 4.71. The number of carbonyl (C=O) groups is 2. The lowest BCUT2D eigenvalue weighted by Gasteiger charge is -2.37. The molecule has 1 atom stereocenters. The summed E-state index contributed by atoms with van der Waals surface area (Å²) < 4.78 is 0. The summed E-state index contributed by atoms with van der Waals surface area (Å²) in [6, 6.07) is 9.00. The van der Waals surface area contributed by atoms with Crippen LogP contribution in [0.5, 0.6) is 0 Å². The highest BCUT2D eigenvalue weighted by atomic mass is 16.4. The van der Waals surface area contributed by atoms with Crippen LogP contribution in [-0.4, -0.2) is 40.4 Å². The number of aliphatic hydroxyl groups is 1. The van der Waals surface area contributed by atoms with Gasteiger partial charge in [0.25, 0.3) is 0 Å². The summed E-state index contributed by atoms with van der Waals surface area (Å²) in [5, 5.41) is 24.7. The van der Waals surface area contributed by atoms with Crippen LogP contribution in [0.4, 0.5) is 4.79 Å². The van der Waals surface area contributed by atoms with Gasteiger partial charge in [0.1, 0.15) is 0 Å². The highest BCUT2D eigenvalue weighted by Crippen LogP contribution is 2.29. The lowest BCUT2D eigenvalue weighted by atomic mass is 9.77. The zero-order valence-electron chi connectivity index (χ0n) is 15.5. The molecular weight excluding hydrogens is 320 g/mol. The fourth-order valence-corrected chi connectivity index (χ4v) is 2.18. The average molecular weight is 350 g/mol. The van der Waals surface area contributed by atoms with Gasteiger partial charge in [-0.25, -0.2) is 4.79 Å². The monoisotopic (exact) mass is 350 g/mol. The number of hydrogen-bond donors (Lipinski definition) is 4. The molecule has 1 unspecified atom stereocenters. The molecule has 1 aromatic rings. The van der Waals surface area contributed by atoms with E-state index in [0.29, 0.717) is 19.4 Å². The molecule has 0 aliphatic heterocycles. The number of amides is 2. The van der Waals surface area contributed by atoms with Crippen LogP contribution in [0, 0.1) is 5.41 Å². The molecule has 0 spiro atoms. The number of nitrogens with one attached hydrogen (secondary N) is 2. The second-order valence-electron chi connectivity index (χ2n) is 7.59. The Labute approximate surface area is 149 Å². The van der Waals surface area contributed by atoms with Crippen LogP contribution in [-0.2, 0) is 11.2 Å². The lowest BCUT2D eigenvalue weighted by molar-refractivity contribution is -0.137. The molecule has 0 bridgehead atoms.